The van der Waals surface area contributed by atoms with Crippen LogP contribution in [-0.4, -0.2) is 51.7 Å². The number of aliphatic hydroxyl groups is 1. The molecule has 2 aliphatic heterocycles. The molecule has 1 saturated heterocycles. The number of phenols is 1. The maximum Gasteiger partial charge on any atom is 0.181 e. The number of hydrogen-bond acceptors (Lipinski definition) is 5. The minimum atomic E-state index is -1.09. The fraction of sp³-hybridized carbons (Fsp3) is 0.469. The summed E-state index contributed by atoms with van der Waals surface area (Å²) >= 11 is 0. The molecule has 4 aliphatic carbocycles. The number of benzene rings is 3. The van der Waals surface area contributed by atoms with E-state index < -0.39 is 22.5 Å². The highest BCUT2D eigenvalue weighted by Crippen LogP contribution is 2.68. The fourth-order valence-electron chi connectivity index (χ4n) is 9.41. The molecule has 2 saturated carbocycles. The van der Waals surface area contributed by atoms with Crippen LogP contribution in [0.15, 0.2) is 48.5 Å². The van der Waals surface area contributed by atoms with E-state index in [0.717, 1.165) is 36.6 Å². The third-order valence-electron chi connectivity index (χ3n) is 11.0. The first-order valence-corrected chi connectivity index (χ1v) is 14.0. The molecule has 37 heavy (non-hydrogen) atoms. The SMILES string of the molecule is O=C1C2Oc3c(O)ccc4c3C23CCN(CC2CC2)C(C4)[C@]3(O)CC12Cc1cccc3cccc(c13)C2. The van der Waals surface area contributed by atoms with Crippen molar-refractivity contribution < 1.29 is 19.7 Å². The van der Waals surface area contributed by atoms with Crippen molar-refractivity contribution in [3.63, 3.8) is 0 Å². The molecule has 2 bridgehead atoms. The first-order chi connectivity index (χ1) is 17.9. The molecule has 3 aromatic carbocycles. The average molecular weight is 494 g/mol. The molecule has 5 nitrogen and oxygen atoms in total. The van der Waals surface area contributed by atoms with Crippen molar-refractivity contribution in [2.75, 3.05) is 13.1 Å². The summed E-state index contributed by atoms with van der Waals surface area (Å²) in [6.45, 7) is 1.89. The van der Waals surface area contributed by atoms with E-state index in [1.165, 1.54) is 34.7 Å². The summed E-state index contributed by atoms with van der Waals surface area (Å²) in [5.74, 6) is 1.37. The molecule has 3 aromatic rings. The molecule has 2 spiro atoms. The highest BCUT2D eigenvalue weighted by molar-refractivity contribution is 5.98. The minimum absolute atomic E-state index is 0.0473. The van der Waals surface area contributed by atoms with Gasteiger partial charge < -0.3 is 14.9 Å². The van der Waals surface area contributed by atoms with Gasteiger partial charge in [0.25, 0.3) is 0 Å². The van der Waals surface area contributed by atoms with Crippen LogP contribution in [-0.2, 0) is 29.5 Å². The molecule has 6 aliphatic rings. The number of Topliss-reactive ketones (excluding diaryl/α,β-unsaturated/α-hetero) is 1. The smallest absolute Gasteiger partial charge is 0.181 e. The lowest BCUT2D eigenvalue weighted by Gasteiger charge is -2.65. The van der Waals surface area contributed by atoms with Gasteiger partial charge in [0.05, 0.1) is 11.0 Å². The Bertz CT molecular complexity index is 1500. The zero-order valence-corrected chi connectivity index (χ0v) is 20.9. The highest BCUT2D eigenvalue weighted by atomic mass is 16.5. The Morgan fingerprint density at radius 1 is 1.00 bits per heavy atom. The minimum Gasteiger partial charge on any atom is -0.504 e. The average Bonchev–Trinajstić information content (AvgIpc) is 3.62. The third kappa shape index (κ3) is 2.38. The summed E-state index contributed by atoms with van der Waals surface area (Å²) in [7, 11) is 0. The van der Waals surface area contributed by atoms with Crippen LogP contribution < -0.4 is 4.74 Å². The number of carbonyl (C=O) groups is 1. The van der Waals surface area contributed by atoms with E-state index in [1.807, 2.05) is 6.07 Å². The van der Waals surface area contributed by atoms with Gasteiger partial charge in [0.1, 0.15) is 0 Å². The van der Waals surface area contributed by atoms with E-state index in [0.29, 0.717) is 31.4 Å². The van der Waals surface area contributed by atoms with Gasteiger partial charge in [0, 0.05) is 23.6 Å². The second-order valence-corrected chi connectivity index (χ2v) is 12.9. The lowest BCUT2D eigenvalue weighted by molar-refractivity contribution is -0.210. The number of rotatable bonds is 2. The maximum absolute atomic E-state index is 14.7. The molecular weight excluding hydrogens is 462 g/mol. The summed E-state index contributed by atoms with van der Waals surface area (Å²) in [4.78, 5) is 17.3. The molecule has 0 radical (unpaired) electrons. The molecule has 3 unspecified atom stereocenters. The number of hydrogen-bond donors (Lipinski definition) is 2. The van der Waals surface area contributed by atoms with Crippen LogP contribution in [0.1, 0.15) is 47.9 Å². The molecule has 0 aromatic heterocycles. The first kappa shape index (κ1) is 21.1. The topological polar surface area (TPSA) is 70.0 Å². The van der Waals surface area contributed by atoms with Crippen LogP contribution in [0.5, 0.6) is 11.5 Å². The zero-order chi connectivity index (χ0) is 24.7. The summed E-state index contributed by atoms with van der Waals surface area (Å²) in [6, 6.07) is 16.4. The van der Waals surface area contributed by atoms with Gasteiger partial charge in [-0.05, 0) is 90.9 Å². The van der Waals surface area contributed by atoms with Crippen molar-refractivity contribution in [1.29, 1.82) is 0 Å². The number of ether oxygens (including phenoxy) is 1. The van der Waals surface area contributed by atoms with Crippen LogP contribution in [0.2, 0.25) is 0 Å². The zero-order valence-electron chi connectivity index (χ0n) is 20.9. The Labute approximate surface area is 216 Å². The molecule has 5 heteroatoms. The second kappa shape index (κ2) is 6.57. The molecular formula is C32H31NO4. The standard InChI is InChI=1S/C32H31NO4/c34-23-10-9-20-13-24-32(36)17-30(14-21-5-1-3-19-4-2-6-22(15-30)25(19)21)28(35)29-31(32,26(20)27(23)37-29)11-12-33(24)16-18-7-8-18/h1-6,9-10,18,24,29,34,36H,7-8,11-17H2/t24?,29?,31?,32-/m1/s1. The van der Waals surface area contributed by atoms with Crippen molar-refractivity contribution in [3.05, 3.63) is 70.8 Å². The van der Waals surface area contributed by atoms with Crippen molar-refractivity contribution in [1.82, 2.24) is 4.90 Å². The number of nitrogens with zero attached hydrogens (tertiary/aromatic N) is 1. The van der Waals surface area contributed by atoms with Crippen LogP contribution in [0.4, 0.5) is 0 Å². The lowest BCUT2D eigenvalue weighted by Crippen LogP contribution is -2.79. The normalized spacial score (nSPS) is 34.5. The van der Waals surface area contributed by atoms with Gasteiger partial charge in [-0.2, -0.15) is 0 Å². The molecule has 188 valence electrons. The highest BCUT2D eigenvalue weighted by Gasteiger charge is 2.77. The number of likely N-dealkylation sites (tertiary alicyclic amines) is 1. The number of piperidine rings is 1. The van der Waals surface area contributed by atoms with Crippen LogP contribution in [0, 0.1) is 11.3 Å². The van der Waals surface area contributed by atoms with Gasteiger partial charge in [0.15, 0.2) is 23.4 Å². The van der Waals surface area contributed by atoms with Crippen LogP contribution in [0.25, 0.3) is 10.8 Å². The molecule has 2 N–H and O–H groups in total. The monoisotopic (exact) mass is 493 g/mol. The number of phenolic OH excluding ortho intramolecular Hbond substituents is 1. The van der Waals surface area contributed by atoms with E-state index >= 15 is 0 Å². The van der Waals surface area contributed by atoms with Gasteiger partial charge in [-0.1, -0.05) is 42.5 Å². The van der Waals surface area contributed by atoms with Crippen molar-refractivity contribution in [2.24, 2.45) is 11.3 Å². The predicted molar refractivity (Wildman–Crippen MR) is 139 cm³/mol. The van der Waals surface area contributed by atoms with Gasteiger partial charge in [0.2, 0.25) is 0 Å². The van der Waals surface area contributed by atoms with E-state index in [1.54, 1.807) is 6.07 Å². The summed E-state index contributed by atoms with van der Waals surface area (Å²) in [6.07, 6.45) is 4.92. The third-order valence-corrected chi connectivity index (χ3v) is 11.0. The summed E-state index contributed by atoms with van der Waals surface area (Å²) < 4.78 is 6.53. The number of ketones is 1. The fourth-order valence-corrected chi connectivity index (χ4v) is 9.41. The second-order valence-electron chi connectivity index (χ2n) is 12.9. The first-order valence-electron chi connectivity index (χ1n) is 14.0. The quantitative estimate of drug-likeness (QED) is 0.563. The molecule has 4 atom stereocenters. The van der Waals surface area contributed by atoms with Crippen molar-refractivity contribution >= 4 is 16.6 Å². The van der Waals surface area contributed by atoms with E-state index in [4.69, 9.17) is 4.74 Å². The van der Waals surface area contributed by atoms with E-state index in [9.17, 15) is 15.0 Å². The molecule has 0 amide bonds. The Hall–Kier alpha value is -2.89. The van der Waals surface area contributed by atoms with Crippen molar-refractivity contribution in [3.8, 4) is 11.5 Å². The number of aromatic hydroxyl groups is 1. The number of carbonyl (C=O) groups excluding carboxylic acids is 1. The predicted octanol–water partition coefficient (Wildman–Crippen LogP) is 4.07. The van der Waals surface area contributed by atoms with E-state index in [-0.39, 0.29) is 17.6 Å². The van der Waals surface area contributed by atoms with Crippen LogP contribution in [0.3, 0.4) is 0 Å². The largest absolute Gasteiger partial charge is 0.504 e. The maximum atomic E-state index is 14.7. The Balaban J connectivity index is 1.26. The van der Waals surface area contributed by atoms with Gasteiger partial charge in [-0.25, -0.2) is 0 Å². The Morgan fingerprint density at radius 3 is 2.49 bits per heavy atom. The van der Waals surface area contributed by atoms with Crippen LogP contribution >= 0.6 is 0 Å². The van der Waals surface area contributed by atoms with Gasteiger partial charge in [-0.3, -0.25) is 9.69 Å². The lowest BCUT2D eigenvalue weighted by atomic mass is 9.43. The molecule has 3 fully saturated rings. The Kier molecular flexibility index (Phi) is 3.74. The summed E-state index contributed by atoms with van der Waals surface area (Å²) in [5, 5.41) is 26.5. The molecule has 9 rings (SSSR count). The van der Waals surface area contributed by atoms with Crippen molar-refractivity contribution in [2.45, 2.75) is 68.1 Å². The van der Waals surface area contributed by atoms with E-state index in [2.05, 4.69) is 41.3 Å². The Morgan fingerprint density at radius 2 is 1.76 bits per heavy atom. The van der Waals surface area contributed by atoms with Gasteiger partial charge in [-0.15, -0.1) is 0 Å². The molecule has 2 heterocycles. The van der Waals surface area contributed by atoms with Gasteiger partial charge >= 0.3 is 0 Å². The summed E-state index contributed by atoms with van der Waals surface area (Å²) in [5.41, 5.74) is 1.85.